The number of nitrogens with two attached hydrogens (primary N) is 1. The van der Waals surface area contributed by atoms with Crippen molar-refractivity contribution in [1.82, 2.24) is 9.97 Å². The average molecular weight is 150 g/mol. The molecule has 0 radical (unpaired) electrons. The van der Waals surface area contributed by atoms with E-state index >= 15 is 0 Å². The summed E-state index contributed by atoms with van der Waals surface area (Å²) < 4.78 is 0. The van der Waals surface area contributed by atoms with Gasteiger partial charge in [0.15, 0.2) is 0 Å². The van der Waals surface area contributed by atoms with Gasteiger partial charge >= 0.3 is 0 Å². The predicted octanol–water partition coefficient (Wildman–Crippen LogP) is 0.633. The quantitative estimate of drug-likeness (QED) is 0.649. The summed E-state index contributed by atoms with van der Waals surface area (Å²) in [6, 6.07) is 0.618. The van der Waals surface area contributed by atoms with Gasteiger partial charge in [0.05, 0.1) is 12.4 Å². The molecular weight excluding hydrogens is 140 g/mol. The molecule has 1 aliphatic rings. The standard InChI is InChI=1S/C7H10N4/c8-6-3-10-7(4-9-6)11-5-1-2-5/h3-5H,1-2H2,(H2,8,9)(H,10,11). The number of nitrogens with one attached hydrogen (secondary N) is 1. The van der Waals surface area contributed by atoms with Crippen LogP contribution < -0.4 is 11.1 Å². The van der Waals surface area contributed by atoms with Crippen LogP contribution in [0.5, 0.6) is 0 Å². The number of anilines is 2. The monoisotopic (exact) mass is 150 g/mol. The zero-order chi connectivity index (χ0) is 7.68. The predicted molar refractivity (Wildman–Crippen MR) is 43.1 cm³/mol. The van der Waals surface area contributed by atoms with Crippen molar-refractivity contribution in [3.05, 3.63) is 12.4 Å². The van der Waals surface area contributed by atoms with Crippen LogP contribution in [-0.4, -0.2) is 16.0 Å². The normalized spacial score (nSPS) is 16.4. The number of aromatic nitrogens is 2. The van der Waals surface area contributed by atoms with Gasteiger partial charge in [-0.3, -0.25) is 0 Å². The molecule has 1 saturated carbocycles. The minimum atomic E-state index is 0.464. The second kappa shape index (κ2) is 2.38. The molecule has 0 spiro atoms. The summed E-state index contributed by atoms with van der Waals surface area (Å²) in [7, 11) is 0. The Morgan fingerprint density at radius 3 is 2.73 bits per heavy atom. The van der Waals surface area contributed by atoms with Crippen LogP contribution in [-0.2, 0) is 0 Å². The lowest BCUT2D eigenvalue weighted by atomic mass is 10.6. The van der Waals surface area contributed by atoms with E-state index in [0.717, 1.165) is 5.82 Å². The topological polar surface area (TPSA) is 63.8 Å². The molecule has 3 N–H and O–H groups in total. The Morgan fingerprint density at radius 2 is 2.18 bits per heavy atom. The minimum Gasteiger partial charge on any atom is -0.382 e. The van der Waals surface area contributed by atoms with E-state index in [1.807, 2.05) is 0 Å². The fraction of sp³-hybridized carbons (Fsp3) is 0.429. The third-order valence-electron chi connectivity index (χ3n) is 1.60. The Kier molecular flexibility index (Phi) is 1.38. The van der Waals surface area contributed by atoms with Gasteiger partial charge in [-0.05, 0) is 12.8 Å². The van der Waals surface area contributed by atoms with E-state index in [0.29, 0.717) is 11.9 Å². The van der Waals surface area contributed by atoms with E-state index in [4.69, 9.17) is 5.73 Å². The summed E-state index contributed by atoms with van der Waals surface area (Å²) in [5.41, 5.74) is 5.37. The summed E-state index contributed by atoms with van der Waals surface area (Å²) in [5, 5.41) is 3.21. The van der Waals surface area contributed by atoms with Gasteiger partial charge in [0.1, 0.15) is 11.6 Å². The molecule has 0 bridgehead atoms. The Balaban J connectivity index is 2.06. The number of nitrogen functional groups attached to an aromatic ring is 1. The number of nitrogens with zero attached hydrogens (tertiary/aromatic N) is 2. The van der Waals surface area contributed by atoms with Crippen LogP contribution in [0.3, 0.4) is 0 Å². The fourth-order valence-electron chi connectivity index (χ4n) is 0.849. The Hall–Kier alpha value is -1.32. The molecule has 1 heterocycles. The largest absolute Gasteiger partial charge is 0.382 e. The van der Waals surface area contributed by atoms with Crippen LogP contribution in [0.1, 0.15) is 12.8 Å². The van der Waals surface area contributed by atoms with Crippen molar-refractivity contribution in [1.29, 1.82) is 0 Å². The van der Waals surface area contributed by atoms with Crippen LogP contribution in [0.2, 0.25) is 0 Å². The first-order chi connectivity index (χ1) is 5.34. The molecule has 0 aromatic carbocycles. The molecule has 11 heavy (non-hydrogen) atoms. The lowest BCUT2D eigenvalue weighted by Crippen LogP contribution is -2.03. The van der Waals surface area contributed by atoms with Gasteiger partial charge < -0.3 is 11.1 Å². The molecule has 0 aliphatic heterocycles. The molecule has 4 nitrogen and oxygen atoms in total. The third kappa shape index (κ3) is 1.58. The number of hydrogen-bond acceptors (Lipinski definition) is 4. The second-order valence-electron chi connectivity index (χ2n) is 2.75. The van der Waals surface area contributed by atoms with Gasteiger partial charge in [-0.25, -0.2) is 9.97 Å². The van der Waals surface area contributed by atoms with E-state index < -0.39 is 0 Å². The van der Waals surface area contributed by atoms with Gasteiger partial charge in [-0.2, -0.15) is 0 Å². The highest BCUT2D eigenvalue weighted by Crippen LogP contribution is 2.23. The molecule has 0 atom stereocenters. The molecule has 2 rings (SSSR count). The first-order valence-corrected chi connectivity index (χ1v) is 3.68. The van der Waals surface area contributed by atoms with Crippen molar-refractivity contribution < 1.29 is 0 Å². The SMILES string of the molecule is Nc1cnc(NC2CC2)cn1. The van der Waals surface area contributed by atoms with Crippen molar-refractivity contribution in [2.45, 2.75) is 18.9 Å². The molecule has 1 aliphatic carbocycles. The van der Waals surface area contributed by atoms with Gasteiger partial charge in [0.25, 0.3) is 0 Å². The van der Waals surface area contributed by atoms with Crippen LogP contribution in [0.4, 0.5) is 11.6 Å². The van der Waals surface area contributed by atoms with Gasteiger partial charge in [-0.1, -0.05) is 0 Å². The van der Waals surface area contributed by atoms with Crippen LogP contribution in [0, 0.1) is 0 Å². The zero-order valence-electron chi connectivity index (χ0n) is 6.12. The molecule has 1 fully saturated rings. The Bertz CT molecular complexity index is 239. The van der Waals surface area contributed by atoms with Crippen molar-refractivity contribution in [2.75, 3.05) is 11.1 Å². The van der Waals surface area contributed by atoms with Crippen LogP contribution in [0.15, 0.2) is 12.4 Å². The lowest BCUT2D eigenvalue weighted by Gasteiger charge is -2.00. The molecule has 0 saturated heterocycles. The van der Waals surface area contributed by atoms with Crippen LogP contribution in [0.25, 0.3) is 0 Å². The molecule has 0 amide bonds. The Labute approximate surface area is 64.8 Å². The summed E-state index contributed by atoms with van der Waals surface area (Å²) in [6.07, 6.45) is 5.70. The average Bonchev–Trinajstić information content (AvgIpc) is 2.78. The third-order valence-corrected chi connectivity index (χ3v) is 1.60. The maximum atomic E-state index is 5.37. The zero-order valence-corrected chi connectivity index (χ0v) is 6.12. The van der Waals surface area contributed by atoms with Crippen molar-refractivity contribution in [2.24, 2.45) is 0 Å². The second-order valence-corrected chi connectivity index (χ2v) is 2.75. The minimum absolute atomic E-state index is 0.464. The summed E-state index contributed by atoms with van der Waals surface area (Å²) >= 11 is 0. The van der Waals surface area contributed by atoms with Crippen molar-refractivity contribution in [3.8, 4) is 0 Å². The molecule has 4 heteroatoms. The van der Waals surface area contributed by atoms with Crippen molar-refractivity contribution in [3.63, 3.8) is 0 Å². The molecule has 1 aromatic rings. The first kappa shape index (κ1) is 6.39. The van der Waals surface area contributed by atoms with Crippen molar-refractivity contribution >= 4 is 11.6 Å². The molecule has 58 valence electrons. The van der Waals surface area contributed by atoms with Gasteiger partial charge in [0, 0.05) is 6.04 Å². The summed E-state index contributed by atoms with van der Waals surface area (Å²) in [6.45, 7) is 0. The highest BCUT2D eigenvalue weighted by molar-refractivity contribution is 5.37. The van der Waals surface area contributed by atoms with E-state index in [-0.39, 0.29) is 0 Å². The van der Waals surface area contributed by atoms with E-state index in [9.17, 15) is 0 Å². The molecular formula is C7H10N4. The maximum absolute atomic E-state index is 5.37. The summed E-state index contributed by atoms with van der Waals surface area (Å²) in [4.78, 5) is 7.97. The smallest absolute Gasteiger partial charge is 0.144 e. The number of hydrogen-bond donors (Lipinski definition) is 2. The van der Waals surface area contributed by atoms with E-state index in [1.54, 1.807) is 12.4 Å². The summed E-state index contributed by atoms with van der Waals surface area (Å²) in [5.74, 6) is 1.29. The fourth-order valence-corrected chi connectivity index (χ4v) is 0.849. The Morgan fingerprint density at radius 1 is 1.36 bits per heavy atom. The maximum Gasteiger partial charge on any atom is 0.144 e. The van der Waals surface area contributed by atoms with E-state index in [1.165, 1.54) is 12.8 Å². The van der Waals surface area contributed by atoms with Gasteiger partial charge in [-0.15, -0.1) is 0 Å². The first-order valence-electron chi connectivity index (χ1n) is 3.68. The van der Waals surface area contributed by atoms with E-state index in [2.05, 4.69) is 15.3 Å². The number of rotatable bonds is 2. The molecule has 1 aromatic heterocycles. The lowest BCUT2D eigenvalue weighted by molar-refractivity contribution is 1.09. The van der Waals surface area contributed by atoms with Crippen LogP contribution >= 0.6 is 0 Å². The highest BCUT2D eigenvalue weighted by atomic mass is 15.1. The van der Waals surface area contributed by atoms with Gasteiger partial charge in [0.2, 0.25) is 0 Å². The molecule has 0 unspecified atom stereocenters. The highest BCUT2D eigenvalue weighted by Gasteiger charge is 2.20.